The molecule has 29 heavy (non-hydrogen) atoms. The van der Waals surface area contributed by atoms with Gasteiger partial charge in [0, 0.05) is 6.42 Å². The van der Waals surface area contributed by atoms with Crippen molar-refractivity contribution in [3.05, 3.63) is 29.3 Å². The second kappa shape index (κ2) is 11.0. The SMILES string of the molecule is CCCC1CCC(C2CCC(c3ccc(O)c(CCC(=O)OCC)c3)CC2)CC1. The summed E-state index contributed by atoms with van der Waals surface area (Å²) in [6, 6.07) is 6.04. The van der Waals surface area contributed by atoms with E-state index in [1.807, 2.05) is 13.0 Å². The van der Waals surface area contributed by atoms with E-state index in [1.165, 1.54) is 69.8 Å². The van der Waals surface area contributed by atoms with Gasteiger partial charge < -0.3 is 9.84 Å². The zero-order chi connectivity index (χ0) is 20.6. The number of carbonyl (C=O) groups excluding carboxylic acids is 1. The van der Waals surface area contributed by atoms with E-state index in [4.69, 9.17) is 4.74 Å². The number of aryl methyl sites for hydroxylation is 1. The topological polar surface area (TPSA) is 46.5 Å². The van der Waals surface area contributed by atoms with Crippen molar-refractivity contribution in [1.82, 2.24) is 0 Å². The maximum Gasteiger partial charge on any atom is 0.306 e. The van der Waals surface area contributed by atoms with Crippen LogP contribution in [0.4, 0.5) is 0 Å². The third kappa shape index (κ3) is 6.23. The van der Waals surface area contributed by atoms with E-state index in [9.17, 15) is 9.90 Å². The van der Waals surface area contributed by atoms with E-state index in [2.05, 4.69) is 19.1 Å². The van der Waals surface area contributed by atoms with Crippen LogP contribution in [-0.2, 0) is 16.0 Å². The van der Waals surface area contributed by atoms with Gasteiger partial charge in [-0.1, -0.05) is 44.7 Å². The molecule has 0 aromatic heterocycles. The van der Waals surface area contributed by atoms with Crippen molar-refractivity contribution >= 4 is 5.97 Å². The lowest BCUT2D eigenvalue weighted by Crippen LogP contribution is -2.25. The summed E-state index contributed by atoms with van der Waals surface area (Å²) in [4.78, 5) is 11.7. The molecule has 2 fully saturated rings. The van der Waals surface area contributed by atoms with Crippen LogP contribution in [0.2, 0.25) is 0 Å². The van der Waals surface area contributed by atoms with Crippen LogP contribution in [0, 0.1) is 17.8 Å². The first-order valence-corrected chi connectivity index (χ1v) is 12.1. The predicted molar refractivity (Wildman–Crippen MR) is 118 cm³/mol. The summed E-state index contributed by atoms with van der Waals surface area (Å²) in [6.45, 7) is 4.55. The van der Waals surface area contributed by atoms with Gasteiger partial charge in [-0.3, -0.25) is 4.79 Å². The van der Waals surface area contributed by atoms with E-state index in [-0.39, 0.29) is 5.97 Å². The van der Waals surface area contributed by atoms with Crippen molar-refractivity contribution in [2.45, 2.75) is 96.8 Å². The molecule has 3 nitrogen and oxygen atoms in total. The minimum atomic E-state index is -0.188. The molecule has 0 spiro atoms. The zero-order valence-corrected chi connectivity index (χ0v) is 18.5. The first-order valence-electron chi connectivity index (χ1n) is 12.1. The molecule has 0 bridgehead atoms. The van der Waals surface area contributed by atoms with Gasteiger partial charge in [-0.05, 0) is 92.7 Å². The van der Waals surface area contributed by atoms with Crippen molar-refractivity contribution in [3.63, 3.8) is 0 Å². The number of carbonyl (C=O) groups is 1. The van der Waals surface area contributed by atoms with Gasteiger partial charge in [-0.15, -0.1) is 0 Å². The molecule has 0 amide bonds. The Balaban J connectivity index is 1.50. The Morgan fingerprint density at radius 2 is 1.66 bits per heavy atom. The maximum atomic E-state index is 11.7. The molecule has 2 aliphatic rings. The van der Waals surface area contributed by atoms with Crippen molar-refractivity contribution < 1.29 is 14.6 Å². The molecule has 2 saturated carbocycles. The molecule has 0 atom stereocenters. The van der Waals surface area contributed by atoms with Crippen LogP contribution in [0.25, 0.3) is 0 Å². The van der Waals surface area contributed by atoms with Crippen molar-refractivity contribution in [3.8, 4) is 5.75 Å². The van der Waals surface area contributed by atoms with Crippen LogP contribution < -0.4 is 0 Å². The molecule has 0 radical (unpaired) electrons. The quantitative estimate of drug-likeness (QED) is 0.490. The Bertz CT molecular complexity index is 637. The lowest BCUT2D eigenvalue weighted by atomic mass is 9.68. The molecule has 0 heterocycles. The second-order valence-corrected chi connectivity index (χ2v) is 9.37. The van der Waals surface area contributed by atoms with Crippen LogP contribution in [0.5, 0.6) is 5.75 Å². The van der Waals surface area contributed by atoms with E-state index in [0.29, 0.717) is 31.1 Å². The molecule has 1 N–H and O–H groups in total. The smallest absolute Gasteiger partial charge is 0.306 e. The molecule has 0 aliphatic heterocycles. The highest BCUT2D eigenvalue weighted by atomic mass is 16.5. The van der Waals surface area contributed by atoms with Gasteiger partial charge in [0.1, 0.15) is 5.75 Å². The molecule has 1 aromatic carbocycles. The van der Waals surface area contributed by atoms with Gasteiger partial charge in [0.05, 0.1) is 6.61 Å². The van der Waals surface area contributed by atoms with Gasteiger partial charge in [0.25, 0.3) is 0 Å². The molecule has 0 unspecified atom stereocenters. The Labute approximate surface area is 177 Å². The Kier molecular flexibility index (Phi) is 8.44. The predicted octanol–water partition coefficient (Wildman–Crippen LogP) is 6.77. The minimum absolute atomic E-state index is 0.188. The van der Waals surface area contributed by atoms with E-state index < -0.39 is 0 Å². The summed E-state index contributed by atoms with van der Waals surface area (Å²) in [5.41, 5.74) is 2.22. The number of hydrogen-bond donors (Lipinski definition) is 1. The fourth-order valence-electron chi connectivity index (χ4n) is 5.81. The number of rotatable bonds is 8. The first-order chi connectivity index (χ1) is 14.1. The van der Waals surface area contributed by atoms with Crippen LogP contribution >= 0.6 is 0 Å². The van der Waals surface area contributed by atoms with Crippen LogP contribution in [0.3, 0.4) is 0 Å². The highest BCUT2D eigenvalue weighted by Crippen LogP contribution is 2.44. The largest absolute Gasteiger partial charge is 0.508 e. The summed E-state index contributed by atoms with van der Waals surface area (Å²) in [7, 11) is 0. The van der Waals surface area contributed by atoms with Gasteiger partial charge in [-0.25, -0.2) is 0 Å². The highest BCUT2D eigenvalue weighted by molar-refractivity contribution is 5.69. The lowest BCUT2D eigenvalue weighted by Gasteiger charge is -2.38. The van der Waals surface area contributed by atoms with Crippen LogP contribution in [-0.4, -0.2) is 17.7 Å². The number of benzene rings is 1. The van der Waals surface area contributed by atoms with Crippen molar-refractivity contribution in [2.75, 3.05) is 6.61 Å². The number of esters is 1. The standard InChI is InChI=1S/C26H40O3/c1-3-5-19-6-8-20(9-7-19)21-10-12-22(13-11-21)23-14-16-25(27)24(18-23)15-17-26(28)29-4-2/h14,16,18-22,27H,3-13,15,17H2,1-2H3. The fourth-order valence-corrected chi connectivity index (χ4v) is 5.81. The van der Waals surface area contributed by atoms with Gasteiger partial charge >= 0.3 is 5.97 Å². The zero-order valence-electron chi connectivity index (χ0n) is 18.5. The normalized spacial score (nSPS) is 27.5. The van der Waals surface area contributed by atoms with Crippen molar-refractivity contribution in [1.29, 1.82) is 0 Å². The molecule has 0 saturated heterocycles. The molecular formula is C26H40O3. The lowest BCUT2D eigenvalue weighted by molar-refractivity contribution is -0.143. The van der Waals surface area contributed by atoms with E-state index in [0.717, 1.165) is 23.3 Å². The summed E-state index contributed by atoms with van der Waals surface area (Å²) in [5.74, 6) is 3.60. The number of hydrogen-bond acceptors (Lipinski definition) is 3. The highest BCUT2D eigenvalue weighted by Gasteiger charge is 2.31. The Morgan fingerprint density at radius 1 is 1.00 bits per heavy atom. The average Bonchev–Trinajstić information content (AvgIpc) is 2.74. The second-order valence-electron chi connectivity index (χ2n) is 9.37. The Hall–Kier alpha value is -1.51. The van der Waals surface area contributed by atoms with Gasteiger partial charge in [0.2, 0.25) is 0 Å². The molecule has 162 valence electrons. The third-order valence-corrected chi connectivity index (χ3v) is 7.51. The number of ether oxygens (including phenoxy) is 1. The van der Waals surface area contributed by atoms with Crippen LogP contribution in [0.1, 0.15) is 102 Å². The third-order valence-electron chi connectivity index (χ3n) is 7.51. The molecule has 3 rings (SSSR count). The number of aromatic hydroxyl groups is 1. The number of phenolic OH excluding ortho intramolecular Hbond substituents is 1. The summed E-state index contributed by atoms with van der Waals surface area (Å²) < 4.78 is 5.02. The average molecular weight is 401 g/mol. The van der Waals surface area contributed by atoms with Crippen LogP contribution in [0.15, 0.2) is 18.2 Å². The van der Waals surface area contributed by atoms with Crippen molar-refractivity contribution in [2.24, 2.45) is 17.8 Å². The maximum absolute atomic E-state index is 11.7. The number of phenols is 1. The summed E-state index contributed by atoms with van der Waals surface area (Å²) in [6.07, 6.45) is 14.7. The molecule has 3 heteroatoms. The van der Waals surface area contributed by atoms with E-state index >= 15 is 0 Å². The monoisotopic (exact) mass is 400 g/mol. The molecular weight excluding hydrogens is 360 g/mol. The van der Waals surface area contributed by atoms with Gasteiger partial charge in [-0.2, -0.15) is 0 Å². The van der Waals surface area contributed by atoms with E-state index in [1.54, 1.807) is 0 Å². The fraction of sp³-hybridized carbons (Fsp3) is 0.731. The Morgan fingerprint density at radius 3 is 2.28 bits per heavy atom. The minimum Gasteiger partial charge on any atom is -0.508 e. The summed E-state index contributed by atoms with van der Waals surface area (Å²) in [5, 5.41) is 10.2. The van der Waals surface area contributed by atoms with Gasteiger partial charge in [0.15, 0.2) is 0 Å². The summed E-state index contributed by atoms with van der Waals surface area (Å²) >= 11 is 0. The first kappa shape index (κ1) is 22.2. The molecule has 1 aromatic rings. The molecule has 2 aliphatic carbocycles.